The lowest BCUT2D eigenvalue weighted by molar-refractivity contribution is 0.0892. The zero-order chi connectivity index (χ0) is 15.4. The largest absolute Gasteiger partial charge is 0.349 e. The molecule has 2 heterocycles. The van der Waals surface area contributed by atoms with Gasteiger partial charge in [0, 0.05) is 18.6 Å². The van der Waals surface area contributed by atoms with Crippen LogP contribution in [0.4, 0.5) is 0 Å². The van der Waals surface area contributed by atoms with Crippen LogP contribution in [0.5, 0.6) is 0 Å². The Balaban J connectivity index is 1.62. The first-order valence-electron chi connectivity index (χ1n) is 7.60. The number of rotatable bonds is 5. The second-order valence-corrected chi connectivity index (χ2v) is 6.05. The van der Waals surface area contributed by atoms with Crippen LogP contribution in [-0.4, -0.2) is 44.8 Å². The van der Waals surface area contributed by atoms with Crippen molar-refractivity contribution in [1.29, 1.82) is 0 Å². The lowest BCUT2D eigenvalue weighted by Crippen LogP contribution is -2.49. The van der Waals surface area contributed by atoms with E-state index in [4.69, 9.17) is 0 Å². The Labute approximate surface area is 129 Å². The molecule has 1 atom stereocenters. The van der Waals surface area contributed by atoms with E-state index in [1.54, 1.807) is 0 Å². The molecule has 1 aliphatic heterocycles. The van der Waals surface area contributed by atoms with Crippen LogP contribution in [0.15, 0.2) is 36.5 Å². The van der Waals surface area contributed by atoms with Crippen molar-refractivity contribution in [3.05, 3.63) is 47.8 Å². The van der Waals surface area contributed by atoms with Crippen molar-refractivity contribution in [1.82, 2.24) is 25.6 Å². The summed E-state index contributed by atoms with van der Waals surface area (Å²) in [7, 11) is 0. The van der Waals surface area contributed by atoms with Gasteiger partial charge in [-0.2, -0.15) is 15.4 Å². The third-order valence-electron chi connectivity index (χ3n) is 4.40. The average Bonchev–Trinajstić information content (AvgIpc) is 3.18. The number of likely N-dealkylation sites (tertiary alicyclic amines) is 1. The molecule has 1 saturated heterocycles. The topological polar surface area (TPSA) is 73.9 Å². The van der Waals surface area contributed by atoms with Gasteiger partial charge in [-0.05, 0) is 31.9 Å². The third-order valence-corrected chi connectivity index (χ3v) is 4.40. The molecule has 0 bridgehead atoms. The Hall–Kier alpha value is -2.21. The molecular formula is C16H21N5O. The van der Waals surface area contributed by atoms with Gasteiger partial charge in [-0.15, -0.1) is 0 Å². The number of aromatic amines is 1. The van der Waals surface area contributed by atoms with Gasteiger partial charge in [-0.3, -0.25) is 9.69 Å². The van der Waals surface area contributed by atoms with Gasteiger partial charge in [0.1, 0.15) is 0 Å². The van der Waals surface area contributed by atoms with E-state index in [9.17, 15) is 4.79 Å². The lowest BCUT2D eigenvalue weighted by Gasteiger charge is -2.35. The maximum Gasteiger partial charge on any atom is 0.273 e. The first kappa shape index (κ1) is 14.7. The van der Waals surface area contributed by atoms with E-state index >= 15 is 0 Å². The molecule has 116 valence electrons. The Bertz CT molecular complexity index is 613. The predicted molar refractivity (Wildman–Crippen MR) is 83.2 cm³/mol. The fourth-order valence-corrected chi connectivity index (χ4v) is 3.02. The number of nitrogens with one attached hydrogen (secondary N) is 2. The maximum atomic E-state index is 12.0. The molecule has 1 aromatic heterocycles. The molecule has 1 fully saturated rings. The van der Waals surface area contributed by atoms with Crippen molar-refractivity contribution >= 4 is 5.91 Å². The molecule has 3 rings (SSSR count). The SMILES string of the molecule is CC1(CNC(=O)c2cn[nH]n2)CCCN1Cc1ccccc1. The number of H-pyrrole nitrogens is 1. The van der Waals surface area contributed by atoms with E-state index in [0.717, 1.165) is 25.9 Å². The number of benzene rings is 1. The summed E-state index contributed by atoms with van der Waals surface area (Å²) in [5.74, 6) is -0.179. The highest BCUT2D eigenvalue weighted by Crippen LogP contribution is 2.30. The fourth-order valence-electron chi connectivity index (χ4n) is 3.02. The smallest absolute Gasteiger partial charge is 0.273 e. The summed E-state index contributed by atoms with van der Waals surface area (Å²) in [5, 5.41) is 12.9. The first-order chi connectivity index (χ1) is 10.7. The van der Waals surface area contributed by atoms with Crippen LogP contribution in [0.1, 0.15) is 35.8 Å². The van der Waals surface area contributed by atoms with Crippen LogP contribution in [0.3, 0.4) is 0 Å². The molecule has 1 unspecified atom stereocenters. The van der Waals surface area contributed by atoms with E-state index in [1.165, 1.54) is 11.8 Å². The quantitative estimate of drug-likeness (QED) is 0.879. The van der Waals surface area contributed by atoms with Gasteiger partial charge in [-0.1, -0.05) is 30.3 Å². The van der Waals surface area contributed by atoms with Gasteiger partial charge >= 0.3 is 0 Å². The number of nitrogens with zero attached hydrogens (tertiary/aromatic N) is 3. The normalized spacial score (nSPS) is 21.9. The highest BCUT2D eigenvalue weighted by atomic mass is 16.2. The van der Waals surface area contributed by atoms with E-state index in [0.29, 0.717) is 12.2 Å². The summed E-state index contributed by atoms with van der Waals surface area (Å²) < 4.78 is 0. The van der Waals surface area contributed by atoms with Crippen molar-refractivity contribution in [2.45, 2.75) is 31.8 Å². The molecular weight excluding hydrogens is 278 g/mol. The van der Waals surface area contributed by atoms with Crippen molar-refractivity contribution < 1.29 is 4.79 Å². The number of hydrogen-bond acceptors (Lipinski definition) is 4. The minimum Gasteiger partial charge on any atom is -0.349 e. The molecule has 1 aromatic carbocycles. The van der Waals surface area contributed by atoms with Crippen LogP contribution in [0, 0.1) is 0 Å². The molecule has 0 aliphatic carbocycles. The second kappa shape index (κ2) is 6.27. The molecule has 0 radical (unpaired) electrons. The van der Waals surface area contributed by atoms with Crippen molar-refractivity contribution in [3.8, 4) is 0 Å². The fraction of sp³-hybridized carbons (Fsp3) is 0.438. The lowest BCUT2D eigenvalue weighted by atomic mass is 9.98. The Kier molecular flexibility index (Phi) is 4.20. The monoisotopic (exact) mass is 299 g/mol. The molecule has 0 spiro atoms. The standard InChI is InChI=1S/C16H21N5O/c1-16(12-17-15(22)14-10-18-20-19-14)8-5-9-21(16)11-13-6-3-2-4-7-13/h2-4,6-7,10H,5,8-9,11-12H2,1H3,(H,17,22)(H,18,19,20). The Morgan fingerprint density at radius 2 is 2.23 bits per heavy atom. The summed E-state index contributed by atoms with van der Waals surface area (Å²) in [4.78, 5) is 14.5. The van der Waals surface area contributed by atoms with E-state index in [2.05, 4.69) is 56.8 Å². The van der Waals surface area contributed by atoms with Gasteiger partial charge in [-0.25, -0.2) is 0 Å². The zero-order valence-electron chi connectivity index (χ0n) is 12.7. The van der Waals surface area contributed by atoms with Gasteiger partial charge in [0.25, 0.3) is 5.91 Å². The van der Waals surface area contributed by atoms with E-state index < -0.39 is 0 Å². The molecule has 2 aromatic rings. The molecule has 6 nitrogen and oxygen atoms in total. The highest BCUT2D eigenvalue weighted by molar-refractivity contribution is 5.91. The number of amides is 1. The third kappa shape index (κ3) is 3.17. The van der Waals surface area contributed by atoms with Gasteiger partial charge in [0.2, 0.25) is 0 Å². The highest BCUT2D eigenvalue weighted by Gasteiger charge is 2.36. The number of hydrogen-bond donors (Lipinski definition) is 2. The van der Waals surface area contributed by atoms with Gasteiger partial charge in [0.15, 0.2) is 5.69 Å². The summed E-state index contributed by atoms with van der Waals surface area (Å²) >= 11 is 0. The van der Waals surface area contributed by atoms with Crippen LogP contribution in [0.2, 0.25) is 0 Å². The van der Waals surface area contributed by atoms with Crippen molar-refractivity contribution in [3.63, 3.8) is 0 Å². The van der Waals surface area contributed by atoms with Crippen molar-refractivity contribution in [2.24, 2.45) is 0 Å². The summed E-state index contributed by atoms with van der Waals surface area (Å²) in [6.45, 7) is 4.81. The predicted octanol–water partition coefficient (Wildman–Crippen LogP) is 1.59. The Morgan fingerprint density at radius 3 is 2.95 bits per heavy atom. The summed E-state index contributed by atoms with van der Waals surface area (Å²) in [6.07, 6.45) is 3.68. The Morgan fingerprint density at radius 1 is 1.41 bits per heavy atom. The molecule has 22 heavy (non-hydrogen) atoms. The molecule has 0 saturated carbocycles. The number of carbonyl (C=O) groups excluding carboxylic acids is 1. The van der Waals surface area contributed by atoms with Gasteiger partial charge in [0.05, 0.1) is 6.20 Å². The molecule has 1 aliphatic rings. The average molecular weight is 299 g/mol. The number of aromatic nitrogens is 3. The van der Waals surface area contributed by atoms with Crippen LogP contribution >= 0.6 is 0 Å². The second-order valence-electron chi connectivity index (χ2n) is 6.05. The molecule has 1 amide bonds. The van der Waals surface area contributed by atoms with Crippen LogP contribution < -0.4 is 5.32 Å². The summed E-state index contributed by atoms with van der Waals surface area (Å²) in [6, 6.07) is 10.5. The molecule has 6 heteroatoms. The molecule has 2 N–H and O–H groups in total. The minimum atomic E-state index is -0.179. The van der Waals surface area contributed by atoms with E-state index in [-0.39, 0.29) is 11.4 Å². The number of carbonyl (C=O) groups is 1. The van der Waals surface area contributed by atoms with Crippen LogP contribution in [0.25, 0.3) is 0 Å². The maximum absolute atomic E-state index is 12.0. The van der Waals surface area contributed by atoms with Crippen molar-refractivity contribution in [2.75, 3.05) is 13.1 Å². The first-order valence-corrected chi connectivity index (χ1v) is 7.60. The zero-order valence-corrected chi connectivity index (χ0v) is 12.7. The van der Waals surface area contributed by atoms with Gasteiger partial charge < -0.3 is 5.32 Å². The minimum absolute atomic E-state index is 0.0186. The van der Waals surface area contributed by atoms with Crippen LogP contribution in [-0.2, 0) is 6.54 Å². The summed E-state index contributed by atoms with van der Waals surface area (Å²) in [5.41, 5.74) is 1.62. The van der Waals surface area contributed by atoms with E-state index in [1.807, 2.05) is 6.07 Å².